The maximum Gasteiger partial charge on any atom is 0.266 e. The standard InChI is InChI=1S/C27H29N5O4S/c1-17-23-25(32-13-11-31(12-14-32)19-6-8-20(34-2)9-7-19)28-16-29-27(23)37-24(17)26(33)30-18-5-10-21(35-3)22(15-18)36-4/h5-10,15-16H,11-14H2,1-4H3,(H,30,33). The van der Waals surface area contributed by atoms with Gasteiger partial charge in [0.15, 0.2) is 11.5 Å². The number of piperazine rings is 1. The molecule has 1 saturated heterocycles. The number of nitrogens with zero attached hydrogens (tertiary/aromatic N) is 4. The van der Waals surface area contributed by atoms with Crippen molar-refractivity contribution in [2.75, 3.05) is 62.6 Å². The van der Waals surface area contributed by atoms with Gasteiger partial charge in [-0.3, -0.25) is 4.79 Å². The Kier molecular flexibility index (Phi) is 7.00. The van der Waals surface area contributed by atoms with Gasteiger partial charge in [-0.15, -0.1) is 11.3 Å². The van der Waals surface area contributed by atoms with Crippen LogP contribution in [0.3, 0.4) is 0 Å². The molecule has 1 aliphatic heterocycles. The highest BCUT2D eigenvalue weighted by molar-refractivity contribution is 7.20. The van der Waals surface area contributed by atoms with Crippen molar-refractivity contribution in [1.82, 2.24) is 9.97 Å². The number of hydrogen-bond donors (Lipinski definition) is 1. The van der Waals surface area contributed by atoms with Crippen LogP contribution in [0, 0.1) is 6.92 Å². The second-order valence-corrected chi connectivity index (χ2v) is 9.63. The van der Waals surface area contributed by atoms with Crippen LogP contribution in [-0.4, -0.2) is 63.4 Å². The number of thiophene rings is 1. The molecule has 1 aliphatic rings. The Morgan fingerprint density at radius 3 is 2.27 bits per heavy atom. The van der Waals surface area contributed by atoms with Crippen LogP contribution in [0.2, 0.25) is 0 Å². The Hall–Kier alpha value is -4.05. The molecule has 1 N–H and O–H groups in total. The summed E-state index contributed by atoms with van der Waals surface area (Å²) in [6.07, 6.45) is 1.58. The summed E-state index contributed by atoms with van der Waals surface area (Å²) in [6.45, 7) is 5.34. The highest BCUT2D eigenvalue weighted by atomic mass is 32.1. The predicted octanol–water partition coefficient (Wildman–Crippen LogP) is 4.60. The van der Waals surface area contributed by atoms with Crippen molar-refractivity contribution in [3.05, 3.63) is 59.2 Å². The number of ether oxygens (including phenoxy) is 3. The van der Waals surface area contributed by atoms with E-state index in [9.17, 15) is 4.79 Å². The van der Waals surface area contributed by atoms with Gasteiger partial charge in [0.25, 0.3) is 5.91 Å². The maximum absolute atomic E-state index is 13.2. The van der Waals surface area contributed by atoms with Crippen molar-refractivity contribution in [1.29, 1.82) is 0 Å². The number of benzene rings is 2. The SMILES string of the molecule is COc1ccc(N2CCN(c3ncnc4sc(C(=O)Nc5ccc(OC)c(OC)c5)c(C)c34)CC2)cc1. The summed E-state index contributed by atoms with van der Waals surface area (Å²) in [5, 5.41) is 3.91. The number of amides is 1. The van der Waals surface area contributed by atoms with Gasteiger partial charge in [-0.2, -0.15) is 0 Å². The lowest BCUT2D eigenvalue weighted by Crippen LogP contribution is -2.46. The minimum absolute atomic E-state index is 0.192. The number of fused-ring (bicyclic) bond motifs is 1. The average Bonchev–Trinajstić information content (AvgIpc) is 3.29. The van der Waals surface area contributed by atoms with Crippen LogP contribution in [0.15, 0.2) is 48.8 Å². The number of anilines is 3. The maximum atomic E-state index is 13.2. The van der Waals surface area contributed by atoms with Crippen LogP contribution in [0.5, 0.6) is 17.2 Å². The van der Waals surface area contributed by atoms with Crippen molar-refractivity contribution >= 4 is 44.7 Å². The molecule has 3 heterocycles. The normalized spacial score (nSPS) is 13.5. The summed E-state index contributed by atoms with van der Waals surface area (Å²) in [6, 6.07) is 13.4. The molecule has 0 radical (unpaired) electrons. The van der Waals surface area contributed by atoms with E-state index in [0.717, 1.165) is 53.5 Å². The topological polar surface area (TPSA) is 89.1 Å². The molecular formula is C27H29N5O4S. The zero-order chi connectivity index (χ0) is 25.9. The van der Waals surface area contributed by atoms with E-state index in [-0.39, 0.29) is 5.91 Å². The van der Waals surface area contributed by atoms with Gasteiger partial charge >= 0.3 is 0 Å². The van der Waals surface area contributed by atoms with E-state index in [2.05, 4.69) is 37.2 Å². The number of rotatable bonds is 7. The number of carbonyl (C=O) groups excluding carboxylic acids is 1. The molecule has 0 saturated carbocycles. The van der Waals surface area contributed by atoms with Crippen LogP contribution in [0.25, 0.3) is 10.2 Å². The van der Waals surface area contributed by atoms with E-state index in [4.69, 9.17) is 14.2 Å². The summed E-state index contributed by atoms with van der Waals surface area (Å²) in [7, 11) is 4.82. The monoisotopic (exact) mass is 519 g/mol. The number of aromatic nitrogens is 2. The second kappa shape index (κ2) is 10.5. The lowest BCUT2D eigenvalue weighted by atomic mass is 10.1. The van der Waals surface area contributed by atoms with Gasteiger partial charge in [0, 0.05) is 43.6 Å². The van der Waals surface area contributed by atoms with E-state index in [1.807, 2.05) is 19.1 Å². The van der Waals surface area contributed by atoms with Crippen molar-refractivity contribution in [3.63, 3.8) is 0 Å². The van der Waals surface area contributed by atoms with Crippen molar-refractivity contribution in [2.24, 2.45) is 0 Å². The van der Waals surface area contributed by atoms with Crippen LogP contribution in [0.1, 0.15) is 15.2 Å². The number of nitrogens with one attached hydrogen (secondary N) is 1. The molecule has 1 fully saturated rings. The molecule has 9 nitrogen and oxygen atoms in total. The first-order chi connectivity index (χ1) is 18.0. The predicted molar refractivity (Wildman–Crippen MR) is 147 cm³/mol. The Morgan fingerprint density at radius 2 is 1.59 bits per heavy atom. The van der Waals surface area contributed by atoms with Crippen LogP contribution < -0.4 is 29.3 Å². The molecule has 37 heavy (non-hydrogen) atoms. The van der Waals surface area contributed by atoms with E-state index in [1.54, 1.807) is 45.9 Å². The molecule has 0 spiro atoms. The summed E-state index contributed by atoms with van der Waals surface area (Å²) in [5.74, 6) is 2.69. The summed E-state index contributed by atoms with van der Waals surface area (Å²) in [4.78, 5) is 28.4. The molecule has 0 atom stereocenters. The molecule has 4 aromatic rings. The van der Waals surface area contributed by atoms with Gasteiger partial charge < -0.3 is 29.3 Å². The van der Waals surface area contributed by atoms with Gasteiger partial charge in [0.05, 0.1) is 31.6 Å². The van der Waals surface area contributed by atoms with E-state index < -0.39 is 0 Å². The van der Waals surface area contributed by atoms with Gasteiger partial charge in [0.1, 0.15) is 22.7 Å². The van der Waals surface area contributed by atoms with Crippen molar-refractivity contribution in [3.8, 4) is 17.2 Å². The first-order valence-electron chi connectivity index (χ1n) is 11.9. The molecule has 0 bridgehead atoms. The third kappa shape index (κ3) is 4.84. The Balaban J connectivity index is 1.35. The van der Waals surface area contributed by atoms with E-state index in [0.29, 0.717) is 22.1 Å². The molecule has 0 aliphatic carbocycles. The lowest BCUT2D eigenvalue weighted by molar-refractivity contribution is 0.103. The van der Waals surface area contributed by atoms with Gasteiger partial charge in [-0.25, -0.2) is 9.97 Å². The Bertz CT molecular complexity index is 1410. The fourth-order valence-electron chi connectivity index (χ4n) is 4.58. The van der Waals surface area contributed by atoms with E-state index in [1.165, 1.54) is 17.0 Å². The van der Waals surface area contributed by atoms with Crippen molar-refractivity contribution in [2.45, 2.75) is 6.92 Å². The second-order valence-electron chi connectivity index (χ2n) is 8.63. The zero-order valence-corrected chi connectivity index (χ0v) is 22.1. The molecule has 10 heteroatoms. The minimum atomic E-state index is -0.192. The first-order valence-corrected chi connectivity index (χ1v) is 12.8. The van der Waals surface area contributed by atoms with Crippen molar-refractivity contribution < 1.29 is 19.0 Å². The zero-order valence-electron chi connectivity index (χ0n) is 21.3. The fourth-order valence-corrected chi connectivity index (χ4v) is 5.62. The fraction of sp³-hybridized carbons (Fsp3) is 0.296. The third-order valence-corrected chi connectivity index (χ3v) is 7.77. The minimum Gasteiger partial charge on any atom is -0.497 e. The number of aryl methyl sites for hydroxylation is 1. The molecule has 2 aromatic heterocycles. The summed E-state index contributed by atoms with van der Waals surface area (Å²) in [5.41, 5.74) is 2.68. The van der Waals surface area contributed by atoms with Crippen LogP contribution in [-0.2, 0) is 0 Å². The third-order valence-electron chi connectivity index (χ3n) is 6.57. The molecule has 1 amide bonds. The quantitative estimate of drug-likeness (QED) is 0.379. The van der Waals surface area contributed by atoms with E-state index >= 15 is 0 Å². The molecule has 0 unspecified atom stereocenters. The number of carbonyl (C=O) groups is 1. The van der Waals surface area contributed by atoms with Crippen LogP contribution >= 0.6 is 11.3 Å². The molecular weight excluding hydrogens is 490 g/mol. The number of methoxy groups -OCH3 is 3. The molecule has 5 rings (SSSR count). The van der Waals surface area contributed by atoms with Gasteiger partial charge in [-0.05, 0) is 48.9 Å². The van der Waals surface area contributed by atoms with Gasteiger partial charge in [-0.1, -0.05) is 0 Å². The summed E-state index contributed by atoms with van der Waals surface area (Å²) >= 11 is 1.38. The smallest absolute Gasteiger partial charge is 0.266 e. The Morgan fingerprint density at radius 1 is 0.892 bits per heavy atom. The first kappa shape index (κ1) is 24.6. The lowest BCUT2D eigenvalue weighted by Gasteiger charge is -2.37. The number of hydrogen-bond acceptors (Lipinski definition) is 9. The summed E-state index contributed by atoms with van der Waals surface area (Å²) < 4.78 is 15.9. The van der Waals surface area contributed by atoms with Gasteiger partial charge in [0.2, 0.25) is 0 Å². The van der Waals surface area contributed by atoms with Crippen LogP contribution in [0.4, 0.5) is 17.2 Å². The molecule has 2 aromatic carbocycles. The molecule has 192 valence electrons. The highest BCUT2D eigenvalue weighted by Gasteiger charge is 2.25. The Labute approximate surface area is 219 Å². The largest absolute Gasteiger partial charge is 0.497 e. The average molecular weight is 520 g/mol. The highest BCUT2D eigenvalue weighted by Crippen LogP contribution is 2.36.